The Balaban J connectivity index is 1.66. The van der Waals surface area contributed by atoms with Gasteiger partial charge in [0.1, 0.15) is 0 Å². The number of nitrogens with one attached hydrogen (secondary N) is 1. The number of unbranched alkanes of at least 4 members (excludes halogenated alkanes) is 1. The van der Waals surface area contributed by atoms with Crippen molar-refractivity contribution in [3.8, 4) is 0 Å². The third kappa shape index (κ3) is 6.97. The molecule has 1 aliphatic heterocycles. The fourth-order valence-corrected chi connectivity index (χ4v) is 6.96. The highest BCUT2D eigenvalue weighted by Crippen LogP contribution is 2.50. The Bertz CT molecular complexity index is 1210. The van der Waals surface area contributed by atoms with E-state index in [2.05, 4.69) is 84.6 Å². The molecule has 0 saturated heterocycles. The van der Waals surface area contributed by atoms with Crippen molar-refractivity contribution in [1.29, 1.82) is 0 Å². The molecule has 0 spiro atoms. The van der Waals surface area contributed by atoms with Gasteiger partial charge in [0.05, 0.1) is 0 Å². The molecule has 0 fully saturated rings. The van der Waals surface area contributed by atoms with Gasteiger partial charge in [-0.15, -0.1) is 23.5 Å². The van der Waals surface area contributed by atoms with Crippen LogP contribution in [0.4, 0.5) is 24.5 Å². The summed E-state index contributed by atoms with van der Waals surface area (Å²) in [6, 6.07) is 27.2. The highest BCUT2D eigenvalue weighted by atomic mass is 32.2. The first kappa shape index (κ1) is 28.2. The van der Waals surface area contributed by atoms with Crippen LogP contribution in [-0.2, 0) is 11.3 Å². The van der Waals surface area contributed by atoms with Gasteiger partial charge < -0.3 is 10.2 Å². The monoisotopic (exact) mass is 556 g/mol. The summed E-state index contributed by atoms with van der Waals surface area (Å²) >= 11 is 3.47. The molecule has 0 unspecified atom stereocenters. The van der Waals surface area contributed by atoms with Crippen LogP contribution in [0, 0.1) is 0 Å². The molecule has 4 rings (SSSR count). The lowest BCUT2D eigenvalue weighted by Gasteiger charge is -2.35. The second-order valence-corrected chi connectivity index (χ2v) is 11.4. The molecule has 8 heteroatoms. The number of fused-ring (bicyclic) bond motifs is 2. The average molecular weight is 557 g/mol. The molecule has 38 heavy (non-hydrogen) atoms. The van der Waals surface area contributed by atoms with E-state index in [-0.39, 0.29) is 6.54 Å². The van der Waals surface area contributed by atoms with Crippen molar-refractivity contribution in [2.24, 2.45) is 0 Å². The number of alkyl halides is 3. The molecule has 1 heterocycles. The van der Waals surface area contributed by atoms with E-state index in [1.807, 2.05) is 23.1 Å². The van der Waals surface area contributed by atoms with Crippen molar-refractivity contribution < 1.29 is 18.0 Å². The standard InChI is InChI=1S/C30H31F3N2OS2/c1-2-3-19-37-28(38-20-11-18-34-29(36)30(31,32)33)27-23-14-7-9-16-25(23)35(21-22-12-5-4-6-13-22)26-17-10-8-15-24(26)27/h4-10,12-17H,2-3,11,18-21H2,1H3,(H,34,36). The minimum absolute atomic E-state index is 0.00832. The molecule has 3 aromatic carbocycles. The van der Waals surface area contributed by atoms with Gasteiger partial charge in [-0.05, 0) is 36.3 Å². The second-order valence-electron chi connectivity index (χ2n) is 8.93. The van der Waals surface area contributed by atoms with Crippen molar-refractivity contribution in [1.82, 2.24) is 5.32 Å². The summed E-state index contributed by atoms with van der Waals surface area (Å²) in [4.78, 5) is 13.5. The van der Waals surface area contributed by atoms with E-state index in [0.717, 1.165) is 47.6 Å². The van der Waals surface area contributed by atoms with E-state index < -0.39 is 12.1 Å². The van der Waals surface area contributed by atoms with Crippen LogP contribution in [0.15, 0.2) is 83.1 Å². The maximum Gasteiger partial charge on any atom is 0.471 e. The van der Waals surface area contributed by atoms with Crippen LogP contribution >= 0.6 is 23.5 Å². The number of rotatable bonds is 11. The van der Waals surface area contributed by atoms with Gasteiger partial charge in [-0.2, -0.15) is 13.2 Å². The Morgan fingerprint density at radius 3 is 1.95 bits per heavy atom. The van der Waals surface area contributed by atoms with E-state index in [4.69, 9.17) is 0 Å². The molecular weight excluding hydrogens is 525 g/mol. The van der Waals surface area contributed by atoms with Crippen LogP contribution in [0.1, 0.15) is 42.9 Å². The number of nitrogens with zero attached hydrogens (tertiary/aromatic N) is 1. The largest absolute Gasteiger partial charge is 0.471 e. The Kier molecular flexibility index (Phi) is 9.86. The van der Waals surface area contributed by atoms with Gasteiger partial charge in [-0.25, -0.2) is 0 Å². The zero-order chi connectivity index (χ0) is 27.0. The molecule has 1 amide bonds. The molecule has 1 N–H and O–H groups in total. The lowest BCUT2D eigenvalue weighted by Crippen LogP contribution is -2.37. The van der Waals surface area contributed by atoms with Gasteiger partial charge in [0.25, 0.3) is 0 Å². The van der Waals surface area contributed by atoms with Crippen molar-refractivity contribution in [3.05, 3.63) is 99.8 Å². The number of carbonyl (C=O) groups is 1. The average Bonchev–Trinajstić information content (AvgIpc) is 2.92. The predicted molar refractivity (Wildman–Crippen MR) is 155 cm³/mol. The number of anilines is 2. The molecule has 1 aliphatic rings. The van der Waals surface area contributed by atoms with E-state index in [9.17, 15) is 18.0 Å². The lowest BCUT2D eigenvalue weighted by atomic mass is 9.91. The van der Waals surface area contributed by atoms with Crippen molar-refractivity contribution in [2.75, 3.05) is 23.0 Å². The highest BCUT2D eigenvalue weighted by molar-refractivity contribution is 8.22. The number of para-hydroxylation sites is 2. The van der Waals surface area contributed by atoms with Crippen LogP contribution in [0.25, 0.3) is 5.57 Å². The first-order chi connectivity index (χ1) is 18.4. The number of thioether (sulfide) groups is 2. The Hall–Kier alpha value is -2.84. The minimum Gasteiger partial charge on any atom is -0.348 e. The molecule has 200 valence electrons. The fourth-order valence-electron chi connectivity index (χ4n) is 4.31. The van der Waals surface area contributed by atoms with Gasteiger partial charge in [0, 0.05) is 51.2 Å². The molecule has 3 nitrogen and oxygen atoms in total. The Morgan fingerprint density at radius 1 is 0.816 bits per heavy atom. The van der Waals surface area contributed by atoms with Gasteiger partial charge >= 0.3 is 12.1 Å². The van der Waals surface area contributed by atoms with Gasteiger partial charge in [-0.1, -0.05) is 80.1 Å². The van der Waals surface area contributed by atoms with Crippen LogP contribution in [-0.4, -0.2) is 30.1 Å². The fraction of sp³-hybridized carbons (Fsp3) is 0.300. The Labute approximate surface area is 230 Å². The number of amides is 1. The highest BCUT2D eigenvalue weighted by Gasteiger charge is 2.38. The molecule has 3 aromatic rings. The van der Waals surface area contributed by atoms with Crippen LogP contribution in [0.3, 0.4) is 0 Å². The van der Waals surface area contributed by atoms with Crippen LogP contribution in [0.5, 0.6) is 0 Å². The Morgan fingerprint density at radius 2 is 1.37 bits per heavy atom. The van der Waals surface area contributed by atoms with Crippen LogP contribution < -0.4 is 10.2 Å². The molecule has 0 bridgehead atoms. The lowest BCUT2D eigenvalue weighted by molar-refractivity contribution is -0.173. The number of benzene rings is 3. The normalized spacial score (nSPS) is 12.6. The maximum atomic E-state index is 12.5. The zero-order valence-electron chi connectivity index (χ0n) is 21.3. The van der Waals surface area contributed by atoms with Crippen molar-refractivity contribution in [3.63, 3.8) is 0 Å². The number of hydrogen-bond acceptors (Lipinski definition) is 4. The minimum atomic E-state index is -4.85. The summed E-state index contributed by atoms with van der Waals surface area (Å²) in [7, 11) is 0. The summed E-state index contributed by atoms with van der Waals surface area (Å²) in [6.45, 7) is 2.90. The summed E-state index contributed by atoms with van der Waals surface area (Å²) in [5.74, 6) is -0.314. The second kappa shape index (κ2) is 13.3. The third-order valence-electron chi connectivity index (χ3n) is 6.14. The molecular formula is C30H31F3N2OS2. The van der Waals surface area contributed by atoms with E-state index >= 15 is 0 Å². The third-order valence-corrected chi connectivity index (χ3v) is 8.77. The maximum absolute atomic E-state index is 12.5. The number of halogens is 3. The van der Waals surface area contributed by atoms with Gasteiger partial charge in [0.2, 0.25) is 0 Å². The first-order valence-electron chi connectivity index (χ1n) is 12.7. The molecule has 0 atom stereocenters. The number of carbonyl (C=O) groups excluding carboxylic acids is 1. The number of hydrogen-bond donors (Lipinski definition) is 1. The molecule has 0 radical (unpaired) electrons. The van der Waals surface area contributed by atoms with E-state index in [1.54, 1.807) is 11.8 Å². The molecule has 0 aromatic heterocycles. The quantitative estimate of drug-likeness (QED) is 0.240. The van der Waals surface area contributed by atoms with Crippen molar-refractivity contribution >= 4 is 46.4 Å². The van der Waals surface area contributed by atoms with Gasteiger partial charge in [-0.3, -0.25) is 4.79 Å². The summed E-state index contributed by atoms with van der Waals surface area (Å²) in [5.41, 5.74) is 6.97. The molecule has 0 aliphatic carbocycles. The molecule has 0 saturated carbocycles. The smallest absolute Gasteiger partial charge is 0.348 e. The summed E-state index contributed by atoms with van der Waals surface area (Å²) in [6.07, 6.45) is -2.24. The van der Waals surface area contributed by atoms with Gasteiger partial charge in [0.15, 0.2) is 0 Å². The first-order valence-corrected chi connectivity index (χ1v) is 14.7. The zero-order valence-corrected chi connectivity index (χ0v) is 22.9. The predicted octanol–water partition coefficient (Wildman–Crippen LogP) is 8.39. The van der Waals surface area contributed by atoms with E-state index in [1.165, 1.54) is 15.4 Å². The van der Waals surface area contributed by atoms with Crippen molar-refractivity contribution in [2.45, 2.75) is 38.9 Å². The van der Waals surface area contributed by atoms with E-state index in [0.29, 0.717) is 12.2 Å². The SMILES string of the molecule is CCCCSC(SCCCNC(=O)C(F)(F)F)=C1c2ccccc2N(Cc2ccccc2)c2ccccc21. The topological polar surface area (TPSA) is 32.3 Å². The van der Waals surface area contributed by atoms with Crippen LogP contribution in [0.2, 0.25) is 0 Å². The summed E-state index contributed by atoms with van der Waals surface area (Å²) in [5, 5.41) is 1.98. The summed E-state index contributed by atoms with van der Waals surface area (Å²) < 4.78 is 38.7.